The number of anilines is 2. The molecule has 4 rings (SSSR count). The van der Waals surface area contributed by atoms with Gasteiger partial charge in [-0.05, 0) is 47.2 Å². The predicted octanol–water partition coefficient (Wildman–Crippen LogP) is 6.16. The number of hydrogen-bond donors (Lipinski definition) is 1. The van der Waals surface area contributed by atoms with Gasteiger partial charge in [-0.2, -0.15) is 0 Å². The summed E-state index contributed by atoms with van der Waals surface area (Å²) in [5.41, 5.74) is 5.06. The van der Waals surface area contributed by atoms with E-state index in [1.807, 2.05) is 77.7 Å². The number of hydrogen-bond acceptors (Lipinski definition) is 3. The van der Waals surface area contributed by atoms with Crippen molar-refractivity contribution in [3.05, 3.63) is 95.6 Å². The lowest BCUT2D eigenvalue weighted by Crippen LogP contribution is -2.29. The summed E-state index contributed by atoms with van der Waals surface area (Å²) in [7, 11) is 0. The van der Waals surface area contributed by atoms with E-state index in [1.165, 1.54) is 5.56 Å². The van der Waals surface area contributed by atoms with Crippen molar-refractivity contribution in [2.24, 2.45) is 0 Å². The largest absolute Gasteiger partial charge is 0.326 e. The molecule has 1 atom stereocenters. The number of rotatable bonds is 7. The normalized spacial score (nSPS) is 15.9. The molecule has 1 unspecified atom stereocenters. The third-order valence-corrected chi connectivity index (χ3v) is 6.84. The standard InChI is InChI=1S/C27H28N2O2S/c1-19(2)23-13-6-7-14-24(23)29-26(31)18-32-27(29)21-11-8-12-22(17-21)28-25(30)16-15-20-9-4-3-5-10-20/h3-14,17,19,27H,15-16,18H2,1-2H3,(H,28,30). The van der Waals surface area contributed by atoms with Gasteiger partial charge in [-0.1, -0.05) is 74.5 Å². The Morgan fingerprint density at radius 2 is 1.78 bits per heavy atom. The molecule has 164 valence electrons. The lowest BCUT2D eigenvalue weighted by Gasteiger charge is -2.28. The third kappa shape index (κ3) is 5.05. The second kappa shape index (κ2) is 10.0. The van der Waals surface area contributed by atoms with E-state index in [0.717, 1.165) is 22.5 Å². The van der Waals surface area contributed by atoms with Gasteiger partial charge in [0, 0.05) is 17.8 Å². The average Bonchev–Trinajstić information content (AvgIpc) is 3.20. The van der Waals surface area contributed by atoms with Gasteiger partial charge in [0.1, 0.15) is 5.37 Å². The first kappa shape index (κ1) is 22.2. The number of para-hydroxylation sites is 1. The smallest absolute Gasteiger partial charge is 0.238 e. The van der Waals surface area contributed by atoms with Gasteiger partial charge in [0.15, 0.2) is 0 Å². The van der Waals surface area contributed by atoms with Crippen molar-refractivity contribution in [3.8, 4) is 0 Å². The number of thioether (sulfide) groups is 1. The van der Waals surface area contributed by atoms with Crippen LogP contribution < -0.4 is 10.2 Å². The van der Waals surface area contributed by atoms with Crippen LogP contribution in [0.25, 0.3) is 0 Å². The van der Waals surface area contributed by atoms with Gasteiger partial charge >= 0.3 is 0 Å². The Hall–Kier alpha value is -3.05. The molecule has 0 bridgehead atoms. The summed E-state index contributed by atoms with van der Waals surface area (Å²) in [6, 6.07) is 26.0. The van der Waals surface area contributed by atoms with Gasteiger partial charge in [0.2, 0.25) is 11.8 Å². The van der Waals surface area contributed by atoms with Crippen LogP contribution in [-0.4, -0.2) is 17.6 Å². The van der Waals surface area contributed by atoms with E-state index in [9.17, 15) is 9.59 Å². The van der Waals surface area contributed by atoms with Gasteiger partial charge in [-0.15, -0.1) is 11.8 Å². The SMILES string of the molecule is CC(C)c1ccccc1N1C(=O)CSC1c1cccc(NC(=O)CCc2ccccc2)c1. The first-order chi connectivity index (χ1) is 15.5. The number of nitrogens with zero attached hydrogens (tertiary/aromatic N) is 1. The molecule has 1 fully saturated rings. The summed E-state index contributed by atoms with van der Waals surface area (Å²) >= 11 is 1.63. The van der Waals surface area contributed by atoms with E-state index in [2.05, 4.69) is 25.2 Å². The highest BCUT2D eigenvalue weighted by molar-refractivity contribution is 8.00. The molecule has 2 amide bonds. The molecule has 3 aromatic rings. The van der Waals surface area contributed by atoms with E-state index in [1.54, 1.807) is 11.8 Å². The van der Waals surface area contributed by atoms with Crippen molar-refractivity contribution in [2.45, 2.75) is 38.0 Å². The Morgan fingerprint density at radius 1 is 1.03 bits per heavy atom. The van der Waals surface area contributed by atoms with Crippen LogP contribution in [0.1, 0.15) is 48.3 Å². The summed E-state index contributed by atoms with van der Waals surface area (Å²) in [5.74, 6) is 0.874. The molecule has 1 heterocycles. The van der Waals surface area contributed by atoms with Gasteiger partial charge < -0.3 is 5.32 Å². The first-order valence-corrected chi connectivity index (χ1v) is 12.0. The Morgan fingerprint density at radius 3 is 2.56 bits per heavy atom. The molecule has 0 saturated carbocycles. The lowest BCUT2D eigenvalue weighted by molar-refractivity contribution is -0.116. The maximum atomic E-state index is 12.9. The monoisotopic (exact) mass is 444 g/mol. The van der Waals surface area contributed by atoms with Crippen LogP contribution in [0, 0.1) is 0 Å². The summed E-state index contributed by atoms with van der Waals surface area (Å²) < 4.78 is 0. The lowest BCUT2D eigenvalue weighted by atomic mass is 10.00. The highest BCUT2D eigenvalue weighted by atomic mass is 32.2. The van der Waals surface area contributed by atoms with Gasteiger partial charge in [-0.3, -0.25) is 14.5 Å². The van der Waals surface area contributed by atoms with Crippen molar-refractivity contribution in [2.75, 3.05) is 16.0 Å². The zero-order valence-electron chi connectivity index (χ0n) is 18.5. The van der Waals surface area contributed by atoms with Gasteiger partial charge in [0.05, 0.1) is 5.75 Å². The molecular formula is C27H28N2O2S. The average molecular weight is 445 g/mol. The Kier molecular flexibility index (Phi) is 6.96. The molecule has 1 N–H and O–H groups in total. The fraction of sp³-hybridized carbons (Fsp3) is 0.259. The van der Waals surface area contributed by atoms with E-state index in [-0.39, 0.29) is 17.2 Å². The predicted molar refractivity (Wildman–Crippen MR) is 133 cm³/mol. The summed E-state index contributed by atoms with van der Waals surface area (Å²) in [6.45, 7) is 4.29. The quantitative estimate of drug-likeness (QED) is 0.475. The summed E-state index contributed by atoms with van der Waals surface area (Å²) in [4.78, 5) is 27.3. The molecule has 0 spiro atoms. The molecular weight excluding hydrogens is 416 g/mol. The Balaban J connectivity index is 1.51. The minimum absolute atomic E-state index is 0.0110. The maximum Gasteiger partial charge on any atom is 0.238 e. The molecule has 5 heteroatoms. The number of benzene rings is 3. The molecule has 3 aromatic carbocycles. The van der Waals surface area contributed by atoms with Crippen LogP contribution >= 0.6 is 11.8 Å². The number of carbonyl (C=O) groups excluding carboxylic acids is 2. The van der Waals surface area contributed by atoms with Gasteiger partial charge in [0.25, 0.3) is 0 Å². The molecule has 32 heavy (non-hydrogen) atoms. The summed E-state index contributed by atoms with van der Waals surface area (Å²) in [5, 5.41) is 2.91. The highest BCUT2D eigenvalue weighted by Gasteiger charge is 2.35. The molecule has 1 aliphatic heterocycles. The zero-order valence-corrected chi connectivity index (χ0v) is 19.3. The first-order valence-electron chi connectivity index (χ1n) is 11.0. The van der Waals surface area contributed by atoms with E-state index < -0.39 is 0 Å². The molecule has 1 saturated heterocycles. The Bertz CT molecular complexity index is 1100. The molecule has 1 aliphatic rings. The van der Waals surface area contributed by atoms with Crippen molar-refractivity contribution in [3.63, 3.8) is 0 Å². The van der Waals surface area contributed by atoms with Crippen molar-refractivity contribution >= 4 is 35.0 Å². The topological polar surface area (TPSA) is 49.4 Å². The second-order valence-corrected chi connectivity index (χ2v) is 9.37. The number of aryl methyl sites for hydroxylation is 1. The number of carbonyl (C=O) groups is 2. The molecule has 0 radical (unpaired) electrons. The fourth-order valence-corrected chi connectivity index (χ4v) is 5.18. The Labute approximate surface area is 194 Å². The molecule has 0 aromatic heterocycles. The van der Waals surface area contributed by atoms with Gasteiger partial charge in [-0.25, -0.2) is 0 Å². The minimum Gasteiger partial charge on any atom is -0.326 e. The third-order valence-electron chi connectivity index (χ3n) is 5.63. The van der Waals surface area contributed by atoms with Crippen molar-refractivity contribution in [1.82, 2.24) is 0 Å². The number of nitrogens with one attached hydrogen (secondary N) is 1. The second-order valence-electron chi connectivity index (χ2n) is 8.30. The van der Waals surface area contributed by atoms with Crippen LogP contribution in [0.15, 0.2) is 78.9 Å². The van der Waals surface area contributed by atoms with Crippen LogP contribution in [0.4, 0.5) is 11.4 Å². The highest BCUT2D eigenvalue weighted by Crippen LogP contribution is 2.44. The summed E-state index contributed by atoms with van der Waals surface area (Å²) in [6.07, 6.45) is 1.14. The fourth-order valence-electron chi connectivity index (χ4n) is 4.02. The van der Waals surface area contributed by atoms with Crippen LogP contribution in [0.2, 0.25) is 0 Å². The maximum absolute atomic E-state index is 12.9. The van der Waals surface area contributed by atoms with Crippen molar-refractivity contribution < 1.29 is 9.59 Å². The van der Waals surface area contributed by atoms with Crippen LogP contribution in [0.5, 0.6) is 0 Å². The molecule has 4 nitrogen and oxygen atoms in total. The molecule has 0 aliphatic carbocycles. The van der Waals surface area contributed by atoms with Crippen LogP contribution in [-0.2, 0) is 16.0 Å². The zero-order chi connectivity index (χ0) is 22.5. The minimum atomic E-state index is -0.108. The number of amides is 2. The van der Waals surface area contributed by atoms with Crippen LogP contribution in [0.3, 0.4) is 0 Å². The van der Waals surface area contributed by atoms with Crippen molar-refractivity contribution in [1.29, 1.82) is 0 Å². The van der Waals surface area contributed by atoms with E-state index in [4.69, 9.17) is 0 Å². The van der Waals surface area contributed by atoms with E-state index >= 15 is 0 Å². The van der Waals surface area contributed by atoms with E-state index in [0.29, 0.717) is 24.5 Å².